The number of halogens is 1. The Morgan fingerprint density at radius 1 is 0.931 bits per heavy atom. The highest BCUT2D eigenvalue weighted by molar-refractivity contribution is 8.27. The summed E-state index contributed by atoms with van der Waals surface area (Å²) in [6.07, 6.45) is 1.88. The molecular formula is C23H17ClN2OS2. The molecule has 0 unspecified atom stereocenters. The number of hydrogen-bond donors (Lipinski definition) is 0. The highest BCUT2D eigenvalue weighted by Gasteiger charge is 2.33. The molecule has 144 valence electrons. The summed E-state index contributed by atoms with van der Waals surface area (Å²) < 4.78 is 0.518. The monoisotopic (exact) mass is 436 g/mol. The molecule has 0 aliphatic carbocycles. The maximum absolute atomic E-state index is 12.9. The summed E-state index contributed by atoms with van der Waals surface area (Å²) in [7, 11) is 2.03. The SMILES string of the molecule is CN(c1ccccc1)c1ccc(/C=C2\SC(=S)N(c3ccc(Cl)cc3)C2=O)cc1. The largest absolute Gasteiger partial charge is 0.345 e. The molecule has 29 heavy (non-hydrogen) atoms. The number of hydrogen-bond acceptors (Lipinski definition) is 4. The van der Waals surface area contributed by atoms with E-state index in [4.69, 9.17) is 23.8 Å². The van der Waals surface area contributed by atoms with Gasteiger partial charge in [0.15, 0.2) is 4.32 Å². The topological polar surface area (TPSA) is 23.6 Å². The highest BCUT2D eigenvalue weighted by atomic mass is 35.5. The van der Waals surface area contributed by atoms with E-state index in [2.05, 4.69) is 17.0 Å². The van der Waals surface area contributed by atoms with Crippen LogP contribution in [-0.4, -0.2) is 17.3 Å². The zero-order valence-corrected chi connectivity index (χ0v) is 18.0. The normalized spacial score (nSPS) is 15.2. The van der Waals surface area contributed by atoms with Crippen LogP contribution in [0.15, 0.2) is 83.8 Å². The van der Waals surface area contributed by atoms with Crippen molar-refractivity contribution in [1.29, 1.82) is 0 Å². The molecule has 3 aromatic carbocycles. The third-order valence-electron chi connectivity index (χ3n) is 4.60. The Morgan fingerprint density at radius 3 is 2.21 bits per heavy atom. The Hall–Kier alpha value is -2.60. The molecule has 0 saturated carbocycles. The van der Waals surface area contributed by atoms with E-state index in [1.807, 2.05) is 55.6 Å². The van der Waals surface area contributed by atoms with Crippen molar-refractivity contribution in [2.45, 2.75) is 0 Å². The van der Waals surface area contributed by atoms with Crippen LogP contribution in [0.5, 0.6) is 0 Å². The summed E-state index contributed by atoms with van der Waals surface area (Å²) in [6, 6.07) is 25.3. The maximum atomic E-state index is 12.9. The number of thiocarbonyl (C=S) groups is 1. The van der Waals surface area contributed by atoms with Crippen molar-refractivity contribution in [3.63, 3.8) is 0 Å². The predicted molar refractivity (Wildman–Crippen MR) is 128 cm³/mol. The molecule has 0 spiro atoms. The van der Waals surface area contributed by atoms with Crippen LogP contribution in [0.2, 0.25) is 5.02 Å². The molecule has 1 fully saturated rings. The fraction of sp³-hybridized carbons (Fsp3) is 0.0435. The second kappa shape index (κ2) is 8.41. The predicted octanol–water partition coefficient (Wildman–Crippen LogP) is 6.51. The second-order valence-corrected chi connectivity index (χ2v) is 8.59. The van der Waals surface area contributed by atoms with E-state index in [-0.39, 0.29) is 5.91 Å². The first-order valence-corrected chi connectivity index (χ1v) is 10.6. The van der Waals surface area contributed by atoms with Gasteiger partial charge in [0.05, 0.1) is 10.6 Å². The average molecular weight is 437 g/mol. The van der Waals surface area contributed by atoms with Crippen LogP contribution < -0.4 is 9.80 Å². The lowest BCUT2D eigenvalue weighted by Gasteiger charge is -2.19. The summed E-state index contributed by atoms with van der Waals surface area (Å²) in [5.74, 6) is -0.118. The van der Waals surface area contributed by atoms with Crippen LogP contribution in [0, 0.1) is 0 Å². The Kier molecular flexibility index (Phi) is 5.72. The van der Waals surface area contributed by atoms with Crippen LogP contribution in [0.1, 0.15) is 5.56 Å². The van der Waals surface area contributed by atoms with Crippen molar-refractivity contribution in [3.8, 4) is 0 Å². The molecule has 3 aromatic rings. The molecule has 0 radical (unpaired) electrons. The minimum Gasteiger partial charge on any atom is -0.345 e. The van der Waals surface area contributed by atoms with Crippen molar-refractivity contribution in [2.75, 3.05) is 16.8 Å². The van der Waals surface area contributed by atoms with Gasteiger partial charge < -0.3 is 4.90 Å². The third kappa shape index (κ3) is 4.22. The van der Waals surface area contributed by atoms with Crippen molar-refractivity contribution >= 4 is 68.9 Å². The van der Waals surface area contributed by atoms with E-state index < -0.39 is 0 Å². The van der Waals surface area contributed by atoms with E-state index >= 15 is 0 Å². The number of carbonyl (C=O) groups is 1. The Bertz CT molecular complexity index is 1080. The quantitative estimate of drug-likeness (QED) is 0.343. The molecule has 0 N–H and O–H groups in total. The van der Waals surface area contributed by atoms with Gasteiger partial charge in [-0.25, -0.2) is 0 Å². The van der Waals surface area contributed by atoms with Gasteiger partial charge in [-0.1, -0.05) is 65.9 Å². The number of para-hydroxylation sites is 1. The van der Waals surface area contributed by atoms with Gasteiger partial charge in [-0.15, -0.1) is 0 Å². The molecule has 1 amide bonds. The first kappa shape index (κ1) is 19.7. The van der Waals surface area contributed by atoms with E-state index in [1.54, 1.807) is 29.2 Å². The van der Waals surface area contributed by atoms with Gasteiger partial charge in [0.25, 0.3) is 5.91 Å². The minimum absolute atomic E-state index is 0.118. The van der Waals surface area contributed by atoms with Crippen LogP contribution in [-0.2, 0) is 4.79 Å². The first-order chi connectivity index (χ1) is 14.0. The molecule has 4 rings (SSSR count). The van der Waals surface area contributed by atoms with Crippen molar-refractivity contribution in [1.82, 2.24) is 0 Å². The molecule has 1 saturated heterocycles. The molecule has 1 heterocycles. The summed E-state index contributed by atoms with van der Waals surface area (Å²) >= 11 is 12.7. The number of benzene rings is 3. The van der Waals surface area contributed by atoms with Gasteiger partial charge in [-0.3, -0.25) is 9.69 Å². The lowest BCUT2D eigenvalue weighted by Crippen LogP contribution is -2.27. The zero-order chi connectivity index (χ0) is 20.4. The number of anilines is 3. The molecule has 1 aliphatic heterocycles. The highest BCUT2D eigenvalue weighted by Crippen LogP contribution is 2.36. The number of thioether (sulfide) groups is 1. The fourth-order valence-corrected chi connectivity index (χ4v) is 4.45. The number of amides is 1. The molecule has 3 nitrogen and oxygen atoms in total. The maximum Gasteiger partial charge on any atom is 0.270 e. The smallest absolute Gasteiger partial charge is 0.270 e. The summed E-state index contributed by atoms with van der Waals surface area (Å²) in [4.78, 5) is 17.1. The molecule has 1 aliphatic rings. The first-order valence-electron chi connectivity index (χ1n) is 8.95. The van der Waals surface area contributed by atoms with Crippen molar-refractivity contribution < 1.29 is 4.79 Å². The average Bonchev–Trinajstić information content (AvgIpc) is 3.02. The van der Waals surface area contributed by atoms with Gasteiger partial charge in [0, 0.05) is 23.4 Å². The van der Waals surface area contributed by atoms with Gasteiger partial charge in [0.1, 0.15) is 0 Å². The van der Waals surface area contributed by atoms with Crippen LogP contribution >= 0.6 is 35.6 Å². The Labute approximate surface area is 184 Å². The number of nitrogens with zero attached hydrogens (tertiary/aromatic N) is 2. The number of rotatable bonds is 4. The van der Waals surface area contributed by atoms with Crippen LogP contribution in [0.25, 0.3) is 6.08 Å². The summed E-state index contributed by atoms with van der Waals surface area (Å²) in [6.45, 7) is 0. The Morgan fingerprint density at radius 2 is 1.55 bits per heavy atom. The van der Waals surface area contributed by atoms with Crippen LogP contribution in [0.4, 0.5) is 17.1 Å². The fourth-order valence-electron chi connectivity index (χ4n) is 3.03. The zero-order valence-electron chi connectivity index (χ0n) is 15.6. The van der Waals surface area contributed by atoms with Crippen molar-refractivity contribution in [3.05, 3.63) is 94.4 Å². The second-order valence-electron chi connectivity index (χ2n) is 6.48. The Balaban J connectivity index is 1.54. The van der Waals surface area contributed by atoms with E-state index in [9.17, 15) is 4.79 Å². The summed E-state index contributed by atoms with van der Waals surface area (Å²) in [5.41, 5.74) is 3.86. The lowest BCUT2D eigenvalue weighted by atomic mass is 10.1. The van der Waals surface area contributed by atoms with E-state index in [0.717, 1.165) is 22.6 Å². The van der Waals surface area contributed by atoms with E-state index in [1.165, 1.54) is 11.8 Å². The van der Waals surface area contributed by atoms with E-state index in [0.29, 0.717) is 14.2 Å². The molecular weight excluding hydrogens is 420 g/mol. The van der Waals surface area contributed by atoms with Gasteiger partial charge in [-0.2, -0.15) is 0 Å². The lowest BCUT2D eigenvalue weighted by molar-refractivity contribution is -0.113. The van der Waals surface area contributed by atoms with Crippen molar-refractivity contribution in [2.24, 2.45) is 0 Å². The van der Waals surface area contributed by atoms with Gasteiger partial charge >= 0.3 is 0 Å². The third-order valence-corrected chi connectivity index (χ3v) is 6.15. The summed E-state index contributed by atoms with van der Waals surface area (Å²) in [5, 5.41) is 0.621. The van der Waals surface area contributed by atoms with Gasteiger partial charge in [-0.05, 0) is 60.2 Å². The molecule has 0 atom stereocenters. The molecule has 6 heteroatoms. The molecule has 0 bridgehead atoms. The van der Waals surface area contributed by atoms with Gasteiger partial charge in [0.2, 0.25) is 0 Å². The molecule has 0 aromatic heterocycles. The minimum atomic E-state index is -0.118. The van der Waals surface area contributed by atoms with Crippen LogP contribution in [0.3, 0.4) is 0 Å². The number of carbonyl (C=O) groups excluding carboxylic acids is 1. The standard InChI is InChI=1S/C23H17ClN2OS2/c1-25(18-5-3-2-4-6-18)19-11-7-16(8-12-19)15-21-22(27)26(23(28)29-21)20-13-9-17(24)10-14-20/h2-15H,1H3/b21-15-.